The normalized spacial score (nSPS) is 19.5. The predicted octanol–water partition coefficient (Wildman–Crippen LogP) is 2.29. The Balaban J connectivity index is 0.00000280. The van der Waals surface area contributed by atoms with Crippen molar-refractivity contribution in [1.82, 2.24) is 24.7 Å². The van der Waals surface area contributed by atoms with Crippen LogP contribution in [0.5, 0.6) is 0 Å². The van der Waals surface area contributed by atoms with Crippen LogP contribution in [0.4, 0.5) is 0 Å². The quantitative estimate of drug-likeness (QED) is 0.390. The Morgan fingerprint density at radius 1 is 1.36 bits per heavy atom. The lowest BCUT2D eigenvalue weighted by atomic mass is 9.96. The summed E-state index contributed by atoms with van der Waals surface area (Å²) < 4.78 is 2.29. The lowest BCUT2D eigenvalue weighted by Gasteiger charge is -2.49. The minimum absolute atomic E-state index is 0. The van der Waals surface area contributed by atoms with Crippen LogP contribution in [0.3, 0.4) is 0 Å². The number of imidazole rings is 1. The molecule has 2 aliphatic heterocycles. The molecule has 1 aromatic heterocycles. The van der Waals surface area contributed by atoms with E-state index in [-0.39, 0.29) is 41.5 Å². The average Bonchev–Trinajstić information content (AvgIpc) is 2.99. The number of carbonyl (C=O) groups excluding carboxylic acids is 1. The van der Waals surface area contributed by atoms with Crippen molar-refractivity contribution >= 4 is 35.8 Å². The van der Waals surface area contributed by atoms with E-state index in [0.29, 0.717) is 6.54 Å². The summed E-state index contributed by atoms with van der Waals surface area (Å²) in [5.74, 6) is 2.17. The van der Waals surface area contributed by atoms with E-state index in [1.807, 2.05) is 4.90 Å². The fraction of sp³-hybridized carbons (Fsp3) is 0.750. The number of amides is 1. The summed E-state index contributed by atoms with van der Waals surface area (Å²) in [6, 6.07) is 0.205. The van der Waals surface area contributed by atoms with E-state index < -0.39 is 0 Å². The number of nitrogens with one attached hydrogen (secondary N) is 1. The highest BCUT2D eigenvalue weighted by molar-refractivity contribution is 14.0. The van der Waals surface area contributed by atoms with Gasteiger partial charge in [0.1, 0.15) is 5.82 Å². The van der Waals surface area contributed by atoms with Gasteiger partial charge in [-0.15, -0.1) is 24.0 Å². The molecule has 2 aliphatic rings. The number of hydrogen-bond donors (Lipinski definition) is 1. The highest BCUT2D eigenvalue weighted by atomic mass is 127. The molecule has 0 atom stereocenters. The van der Waals surface area contributed by atoms with Gasteiger partial charge in [-0.3, -0.25) is 9.79 Å². The summed E-state index contributed by atoms with van der Waals surface area (Å²) in [6.07, 6.45) is 6.63. The third-order valence-electron chi connectivity index (χ3n) is 5.48. The number of fused-ring (bicyclic) bond motifs is 1. The van der Waals surface area contributed by atoms with E-state index in [2.05, 4.69) is 53.7 Å². The van der Waals surface area contributed by atoms with Crippen molar-refractivity contribution in [2.24, 2.45) is 4.99 Å². The Morgan fingerprint density at radius 3 is 2.71 bits per heavy atom. The number of halogens is 1. The van der Waals surface area contributed by atoms with Crippen LogP contribution in [0.1, 0.15) is 52.1 Å². The van der Waals surface area contributed by atoms with Crippen LogP contribution in [0.2, 0.25) is 0 Å². The maximum Gasteiger partial charge on any atom is 0.242 e. The van der Waals surface area contributed by atoms with E-state index >= 15 is 0 Å². The fourth-order valence-corrected chi connectivity index (χ4v) is 4.54. The Morgan fingerprint density at radius 2 is 2.11 bits per heavy atom. The number of guanidine groups is 1. The summed E-state index contributed by atoms with van der Waals surface area (Å²) in [5, 5.41) is 3.43. The van der Waals surface area contributed by atoms with Gasteiger partial charge in [0.25, 0.3) is 0 Å². The van der Waals surface area contributed by atoms with Gasteiger partial charge >= 0.3 is 0 Å². The molecule has 1 amide bonds. The zero-order chi connectivity index (χ0) is 19.6. The predicted molar refractivity (Wildman–Crippen MR) is 123 cm³/mol. The largest absolute Gasteiger partial charge is 0.356 e. The number of hydrogen-bond acceptors (Lipinski definition) is 3. The number of aliphatic imine (C=N–C) groups is 1. The van der Waals surface area contributed by atoms with Crippen molar-refractivity contribution in [3.05, 3.63) is 17.7 Å². The highest BCUT2D eigenvalue weighted by Crippen LogP contribution is 2.24. The van der Waals surface area contributed by atoms with Crippen molar-refractivity contribution in [3.8, 4) is 0 Å². The van der Waals surface area contributed by atoms with Crippen molar-refractivity contribution < 1.29 is 4.79 Å². The lowest BCUT2D eigenvalue weighted by Crippen LogP contribution is -2.66. The average molecular weight is 502 g/mol. The van der Waals surface area contributed by atoms with Crippen molar-refractivity contribution in [2.75, 3.05) is 26.7 Å². The molecule has 0 bridgehead atoms. The highest BCUT2D eigenvalue weighted by Gasteiger charge is 2.40. The third-order valence-corrected chi connectivity index (χ3v) is 5.48. The molecule has 0 aliphatic carbocycles. The van der Waals surface area contributed by atoms with E-state index in [1.54, 1.807) is 7.05 Å². The van der Waals surface area contributed by atoms with Crippen LogP contribution in [0.25, 0.3) is 0 Å². The molecule has 7 nitrogen and oxygen atoms in total. The first-order valence-electron chi connectivity index (χ1n) is 10.1. The lowest BCUT2D eigenvalue weighted by molar-refractivity contribution is -0.145. The molecule has 8 heteroatoms. The first-order valence-corrected chi connectivity index (χ1v) is 10.1. The number of rotatable bonds is 4. The van der Waals surface area contributed by atoms with Gasteiger partial charge in [-0.1, -0.05) is 0 Å². The standard InChI is InChI=1S/C20H34N6O.HI/c1-15(2)26-18(27)13-25(14-20(26,3)4)19(21-5)22-10-9-16-12-24-11-7-6-8-17(24)23-16;/h12,15H,6-11,13-14H2,1-5H3,(H,21,22);1H. The van der Waals surface area contributed by atoms with E-state index in [9.17, 15) is 4.79 Å². The minimum atomic E-state index is -0.218. The molecule has 0 spiro atoms. The topological polar surface area (TPSA) is 65.8 Å². The van der Waals surface area contributed by atoms with Crippen LogP contribution >= 0.6 is 24.0 Å². The number of aryl methyl sites for hydroxylation is 2. The van der Waals surface area contributed by atoms with Crippen LogP contribution in [0.15, 0.2) is 11.2 Å². The second kappa shape index (κ2) is 9.45. The number of nitrogens with zero attached hydrogens (tertiary/aromatic N) is 5. The smallest absolute Gasteiger partial charge is 0.242 e. The monoisotopic (exact) mass is 502 g/mol. The molecule has 28 heavy (non-hydrogen) atoms. The Hall–Kier alpha value is -1.32. The number of carbonyl (C=O) groups is 1. The molecular formula is C20H35IN6O. The van der Waals surface area contributed by atoms with Gasteiger partial charge < -0.3 is 19.7 Å². The van der Waals surface area contributed by atoms with Gasteiger partial charge in [0.2, 0.25) is 5.91 Å². The second-order valence-electron chi connectivity index (χ2n) is 8.55. The fourth-order valence-electron chi connectivity index (χ4n) is 4.54. The molecule has 0 aromatic carbocycles. The maximum atomic E-state index is 12.7. The van der Waals surface area contributed by atoms with Gasteiger partial charge in [0, 0.05) is 51.8 Å². The first-order chi connectivity index (χ1) is 12.8. The van der Waals surface area contributed by atoms with E-state index in [0.717, 1.165) is 44.1 Å². The molecule has 1 aromatic rings. The van der Waals surface area contributed by atoms with E-state index in [4.69, 9.17) is 4.98 Å². The van der Waals surface area contributed by atoms with Crippen LogP contribution in [0, 0.1) is 0 Å². The van der Waals surface area contributed by atoms with Crippen LogP contribution in [-0.2, 0) is 24.2 Å². The molecule has 158 valence electrons. The summed E-state index contributed by atoms with van der Waals surface area (Å²) in [6.45, 7) is 11.4. The Labute approximate surface area is 186 Å². The van der Waals surface area contributed by atoms with Crippen molar-refractivity contribution in [3.63, 3.8) is 0 Å². The Bertz CT molecular complexity index is 688. The molecule has 0 saturated carbocycles. The molecular weight excluding hydrogens is 467 g/mol. The van der Waals surface area contributed by atoms with E-state index in [1.165, 1.54) is 18.7 Å². The Kier molecular flexibility index (Phi) is 7.75. The molecule has 1 fully saturated rings. The van der Waals surface area contributed by atoms with Crippen LogP contribution in [-0.4, -0.2) is 69.5 Å². The zero-order valence-corrected chi connectivity index (χ0v) is 20.2. The maximum absolute atomic E-state index is 12.7. The summed E-state index contributed by atoms with van der Waals surface area (Å²) in [4.78, 5) is 25.9. The molecule has 3 heterocycles. The van der Waals surface area contributed by atoms with Crippen LogP contribution < -0.4 is 5.32 Å². The first kappa shape index (κ1) is 23.0. The van der Waals surface area contributed by atoms with Gasteiger partial charge in [-0.2, -0.15) is 0 Å². The summed E-state index contributed by atoms with van der Waals surface area (Å²) in [7, 11) is 1.78. The van der Waals surface area contributed by atoms with Gasteiger partial charge in [0.15, 0.2) is 5.96 Å². The summed E-state index contributed by atoms with van der Waals surface area (Å²) in [5.41, 5.74) is 0.917. The van der Waals surface area contributed by atoms with Gasteiger partial charge in [-0.25, -0.2) is 4.98 Å². The second-order valence-corrected chi connectivity index (χ2v) is 8.55. The third kappa shape index (κ3) is 4.99. The van der Waals surface area contributed by atoms with Crippen molar-refractivity contribution in [2.45, 2.75) is 71.5 Å². The SMILES string of the molecule is CN=C(NCCc1cn2c(n1)CCCC2)N1CC(=O)N(C(C)C)C(C)(C)C1.I. The molecule has 0 radical (unpaired) electrons. The zero-order valence-electron chi connectivity index (χ0n) is 17.9. The van der Waals surface area contributed by atoms with Gasteiger partial charge in [-0.05, 0) is 40.5 Å². The van der Waals surface area contributed by atoms with Crippen molar-refractivity contribution in [1.29, 1.82) is 0 Å². The molecule has 0 unspecified atom stereocenters. The number of piperazine rings is 1. The molecule has 3 rings (SSSR count). The molecule has 1 N–H and O–H groups in total. The minimum Gasteiger partial charge on any atom is -0.356 e. The molecule has 1 saturated heterocycles. The van der Waals surface area contributed by atoms with Gasteiger partial charge in [0.05, 0.1) is 17.8 Å². The summed E-state index contributed by atoms with van der Waals surface area (Å²) >= 11 is 0. The number of aromatic nitrogens is 2.